The standard InChI is InChI=1S/C21H26N10O6/c1-2-35-16-9-13(3-4-15(16)36-12-17(22)32)10-24-26-21(33)18-14(11-30-5-7-34-8-6-30)25-29-31(18)20-19(23)27-37-28-20/h3-4,9-10H,2,5-8,11-12H2,1H3,(H2,22,32)(H2,23,27)(H,26,33)/b24-10+. The highest BCUT2D eigenvalue weighted by atomic mass is 16.6. The predicted molar refractivity (Wildman–Crippen MR) is 127 cm³/mol. The van der Waals surface area contributed by atoms with Crippen LogP contribution in [0.2, 0.25) is 0 Å². The molecule has 0 atom stereocenters. The molecule has 0 saturated carbocycles. The van der Waals surface area contributed by atoms with Gasteiger partial charge >= 0.3 is 0 Å². The van der Waals surface area contributed by atoms with E-state index < -0.39 is 11.8 Å². The number of hydrogen-bond donors (Lipinski definition) is 3. The Balaban J connectivity index is 1.53. The van der Waals surface area contributed by atoms with Crippen molar-refractivity contribution in [2.75, 3.05) is 45.3 Å². The zero-order valence-corrected chi connectivity index (χ0v) is 20.0. The number of amides is 2. The first-order valence-corrected chi connectivity index (χ1v) is 11.3. The highest BCUT2D eigenvalue weighted by Gasteiger charge is 2.26. The molecule has 196 valence electrons. The van der Waals surface area contributed by atoms with Crippen molar-refractivity contribution in [1.82, 2.24) is 35.6 Å². The Morgan fingerprint density at radius 3 is 2.73 bits per heavy atom. The van der Waals surface area contributed by atoms with Gasteiger partial charge in [-0.15, -0.1) is 5.10 Å². The van der Waals surface area contributed by atoms with Gasteiger partial charge in [0.05, 0.1) is 26.0 Å². The molecule has 2 amide bonds. The van der Waals surface area contributed by atoms with Gasteiger partial charge in [-0.1, -0.05) is 5.21 Å². The molecule has 1 fully saturated rings. The highest BCUT2D eigenvalue weighted by Crippen LogP contribution is 2.28. The number of ether oxygens (including phenoxy) is 3. The zero-order valence-electron chi connectivity index (χ0n) is 20.0. The molecule has 3 aromatic rings. The molecular formula is C21H26N10O6. The molecule has 1 aliphatic heterocycles. The molecule has 1 saturated heterocycles. The third kappa shape index (κ3) is 6.36. The molecule has 16 nitrogen and oxygen atoms in total. The van der Waals surface area contributed by atoms with Crippen LogP contribution in [0.15, 0.2) is 27.9 Å². The number of carbonyl (C=O) groups excluding carboxylic acids is 2. The van der Waals surface area contributed by atoms with Crippen LogP contribution in [0.25, 0.3) is 5.82 Å². The number of benzene rings is 1. The van der Waals surface area contributed by atoms with Crippen molar-refractivity contribution in [2.45, 2.75) is 13.5 Å². The quantitative estimate of drug-likeness (QED) is 0.210. The van der Waals surface area contributed by atoms with E-state index in [1.807, 2.05) is 6.92 Å². The van der Waals surface area contributed by atoms with Gasteiger partial charge in [-0.25, -0.2) is 10.1 Å². The molecule has 37 heavy (non-hydrogen) atoms. The van der Waals surface area contributed by atoms with Gasteiger partial charge in [-0.2, -0.15) is 9.78 Å². The van der Waals surface area contributed by atoms with Crippen LogP contribution in [0.3, 0.4) is 0 Å². The van der Waals surface area contributed by atoms with E-state index in [2.05, 4.69) is 40.7 Å². The van der Waals surface area contributed by atoms with Crippen molar-refractivity contribution in [1.29, 1.82) is 0 Å². The van der Waals surface area contributed by atoms with Crippen LogP contribution < -0.4 is 26.4 Å². The van der Waals surface area contributed by atoms with Crippen LogP contribution in [-0.2, 0) is 16.1 Å². The lowest BCUT2D eigenvalue weighted by atomic mass is 10.2. The van der Waals surface area contributed by atoms with Gasteiger partial charge in [-0.05, 0) is 41.0 Å². The number of hydrazone groups is 1. The van der Waals surface area contributed by atoms with Crippen molar-refractivity contribution in [2.24, 2.45) is 10.8 Å². The monoisotopic (exact) mass is 514 g/mol. The fourth-order valence-corrected chi connectivity index (χ4v) is 3.46. The van der Waals surface area contributed by atoms with Crippen molar-refractivity contribution in [3.05, 3.63) is 35.2 Å². The van der Waals surface area contributed by atoms with Crippen LogP contribution in [-0.4, -0.2) is 87.8 Å². The van der Waals surface area contributed by atoms with Gasteiger partial charge in [0.1, 0.15) is 5.69 Å². The summed E-state index contributed by atoms with van der Waals surface area (Å²) < 4.78 is 22.1. The van der Waals surface area contributed by atoms with Gasteiger partial charge in [0.25, 0.3) is 11.8 Å². The second-order valence-electron chi connectivity index (χ2n) is 7.75. The Morgan fingerprint density at radius 1 is 1.22 bits per heavy atom. The first-order chi connectivity index (χ1) is 18.0. The molecule has 4 rings (SSSR count). The van der Waals surface area contributed by atoms with Crippen molar-refractivity contribution in [3.8, 4) is 17.3 Å². The Kier molecular flexibility index (Phi) is 8.22. The minimum Gasteiger partial charge on any atom is -0.490 e. The molecular weight excluding hydrogens is 488 g/mol. The summed E-state index contributed by atoms with van der Waals surface area (Å²) in [5.41, 5.74) is 14.5. The first kappa shape index (κ1) is 25.5. The third-order valence-corrected chi connectivity index (χ3v) is 5.15. The third-order valence-electron chi connectivity index (χ3n) is 5.15. The number of nitrogen functional groups attached to an aromatic ring is 1. The Morgan fingerprint density at radius 2 is 2.03 bits per heavy atom. The lowest BCUT2D eigenvalue weighted by Crippen LogP contribution is -2.36. The average Bonchev–Trinajstić information content (AvgIpc) is 3.49. The highest BCUT2D eigenvalue weighted by molar-refractivity contribution is 5.95. The van der Waals surface area contributed by atoms with E-state index in [1.54, 1.807) is 18.2 Å². The van der Waals surface area contributed by atoms with E-state index in [0.29, 0.717) is 62.2 Å². The number of nitrogens with one attached hydrogen (secondary N) is 1. The number of rotatable bonds is 11. The Bertz CT molecular complexity index is 1270. The van der Waals surface area contributed by atoms with Crippen LogP contribution in [0.4, 0.5) is 5.82 Å². The maximum absolute atomic E-state index is 13.2. The summed E-state index contributed by atoms with van der Waals surface area (Å²) in [5, 5.41) is 19.5. The second kappa shape index (κ2) is 11.9. The minimum absolute atomic E-state index is 0.0303. The number of aromatic nitrogens is 5. The van der Waals surface area contributed by atoms with E-state index in [-0.39, 0.29) is 23.9 Å². The maximum atomic E-state index is 13.2. The van der Waals surface area contributed by atoms with E-state index in [1.165, 1.54) is 6.21 Å². The molecule has 0 bridgehead atoms. The first-order valence-electron chi connectivity index (χ1n) is 11.3. The molecule has 1 aliphatic rings. The fraction of sp³-hybridized carbons (Fsp3) is 0.381. The Labute approximate surface area is 210 Å². The molecule has 0 unspecified atom stereocenters. The number of nitrogens with two attached hydrogens (primary N) is 2. The molecule has 3 heterocycles. The molecule has 5 N–H and O–H groups in total. The maximum Gasteiger partial charge on any atom is 0.292 e. The molecule has 16 heteroatoms. The zero-order chi connectivity index (χ0) is 26.2. The summed E-state index contributed by atoms with van der Waals surface area (Å²) in [5.74, 6) is -0.490. The van der Waals surface area contributed by atoms with E-state index >= 15 is 0 Å². The van der Waals surface area contributed by atoms with Crippen molar-refractivity contribution in [3.63, 3.8) is 0 Å². The second-order valence-corrected chi connectivity index (χ2v) is 7.75. The van der Waals surface area contributed by atoms with Crippen LogP contribution >= 0.6 is 0 Å². The van der Waals surface area contributed by atoms with Crippen LogP contribution in [0.1, 0.15) is 28.7 Å². The summed E-state index contributed by atoms with van der Waals surface area (Å²) in [6.07, 6.45) is 1.42. The summed E-state index contributed by atoms with van der Waals surface area (Å²) in [4.78, 5) is 26.3. The normalized spacial score (nSPS) is 14.1. The van der Waals surface area contributed by atoms with Crippen LogP contribution in [0, 0.1) is 0 Å². The minimum atomic E-state index is -0.610. The van der Waals surface area contributed by atoms with Gasteiger partial charge < -0.3 is 25.7 Å². The van der Waals surface area contributed by atoms with Crippen molar-refractivity contribution >= 4 is 23.8 Å². The average molecular weight is 515 g/mol. The molecule has 0 spiro atoms. The lowest BCUT2D eigenvalue weighted by Gasteiger charge is -2.25. The summed E-state index contributed by atoms with van der Waals surface area (Å²) >= 11 is 0. The molecule has 0 aliphatic carbocycles. The van der Waals surface area contributed by atoms with Gasteiger partial charge in [0.15, 0.2) is 23.8 Å². The van der Waals surface area contributed by atoms with E-state index in [0.717, 1.165) is 4.68 Å². The summed E-state index contributed by atoms with van der Waals surface area (Å²) in [7, 11) is 0. The van der Waals surface area contributed by atoms with Crippen LogP contribution in [0.5, 0.6) is 11.5 Å². The number of primary amides is 1. The summed E-state index contributed by atoms with van der Waals surface area (Å²) in [6, 6.07) is 4.93. The molecule has 2 aromatic heterocycles. The van der Waals surface area contributed by atoms with Gasteiger partial charge in [0, 0.05) is 19.6 Å². The van der Waals surface area contributed by atoms with Gasteiger partial charge in [-0.3, -0.25) is 14.5 Å². The topological polar surface area (TPSA) is 211 Å². The number of nitrogens with zero attached hydrogens (tertiary/aromatic N) is 7. The number of carbonyl (C=O) groups is 2. The van der Waals surface area contributed by atoms with E-state index in [9.17, 15) is 9.59 Å². The predicted octanol–water partition coefficient (Wildman–Crippen LogP) is -0.909. The number of hydrogen-bond acceptors (Lipinski definition) is 13. The molecule has 1 aromatic carbocycles. The number of morpholine rings is 1. The molecule has 0 radical (unpaired) electrons. The smallest absolute Gasteiger partial charge is 0.292 e. The fourth-order valence-electron chi connectivity index (χ4n) is 3.46. The Hall–Kier alpha value is -4.57. The summed E-state index contributed by atoms with van der Waals surface area (Å²) in [6.45, 7) is 4.76. The largest absolute Gasteiger partial charge is 0.490 e. The van der Waals surface area contributed by atoms with E-state index in [4.69, 9.17) is 25.7 Å². The SMILES string of the molecule is CCOc1cc(/C=N/NC(=O)c2c(CN3CCOCC3)nnn2-c2nonc2N)ccc1OCC(N)=O. The van der Waals surface area contributed by atoms with Crippen molar-refractivity contribution < 1.29 is 28.4 Å². The number of anilines is 1. The van der Waals surface area contributed by atoms with Gasteiger partial charge in [0.2, 0.25) is 11.6 Å². The lowest BCUT2D eigenvalue weighted by molar-refractivity contribution is -0.119.